The maximum absolute atomic E-state index is 14.3. The van der Waals surface area contributed by atoms with Gasteiger partial charge in [-0.2, -0.15) is 0 Å². The number of carbonyl (C=O) groups excluding carboxylic acids is 1. The number of nitrogens with zero attached hydrogens (tertiary/aromatic N) is 2. The molecule has 0 saturated carbocycles. The molecule has 3 rings (SSSR count). The van der Waals surface area contributed by atoms with Gasteiger partial charge >= 0.3 is 5.97 Å². The fourth-order valence-electron chi connectivity index (χ4n) is 8.88. The van der Waals surface area contributed by atoms with E-state index in [9.17, 15) is 25.2 Å². The van der Waals surface area contributed by atoms with Crippen LogP contribution in [-0.4, -0.2) is 164 Å². The Balaban J connectivity index is 2.19. The first-order chi connectivity index (χ1) is 26.6. The highest BCUT2D eigenvalue weighted by Gasteiger charge is 2.52. The summed E-state index contributed by atoms with van der Waals surface area (Å²) in [5.74, 6) is -3.88. The molecular formula is C41H76N2O14. The lowest BCUT2D eigenvalue weighted by atomic mass is 9.74. The molecule has 0 radical (unpaired) electrons. The molecule has 3 fully saturated rings. The molecule has 334 valence electrons. The first-order valence-corrected chi connectivity index (χ1v) is 20.7. The van der Waals surface area contributed by atoms with Crippen molar-refractivity contribution in [3.05, 3.63) is 0 Å². The third-order valence-corrected chi connectivity index (χ3v) is 12.6. The molecule has 0 amide bonds. The van der Waals surface area contributed by atoms with E-state index in [2.05, 4.69) is 5.16 Å². The Hall–Kier alpha value is -1.54. The number of carbonyl (C=O) groups is 1. The third kappa shape index (κ3) is 12.5. The first kappa shape index (κ1) is 49.8. The standard InChI is InChI=1S/C41H76N2O14/c1-15-30-24(4)33(44)25(5)32(42-52-21-51-17-16-49-13)22(2)19-40(9,48)37(57-39-34(45)29(43(11)12)18-23(3)53-39)26(6)35(27(7)38(47)55-30)56-31-20-41(10,50-14)36(46)28(8)54-31/h22-31,33-37,39,44-46,48H,15-21H2,1-14H3/b42-32+/t22-,23?,24+,25+,26+,27-,28?,29?,30-,31?,33+,34?,35+,36?,37-,39?,40-,41?/m1/s1. The zero-order valence-electron chi connectivity index (χ0n) is 37.0. The van der Waals surface area contributed by atoms with Gasteiger partial charge in [0, 0.05) is 50.4 Å². The molecule has 0 spiro atoms. The van der Waals surface area contributed by atoms with Crippen LogP contribution in [0.25, 0.3) is 0 Å². The molecule has 4 N–H and O–H groups in total. The van der Waals surface area contributed by atoms with Crippen LogP contribution >= 0.6 is 0 Å². The number of hydrogen-bond donors (Lipinski definition) is 4. The summed E-state index contributed by atoms with van der Waals surface area (Å²) in [4.78, 5) is 21.8. The van der Waals surface area contributed by atoms with E-state index in [1.54, 1.807) is 34.8 Å². The van der Waals surface area contributed by atoms with Gasteiger partial charge in [0.1, 0.15) is 18.3 Å². The number of methoxy groups -OCH3 is 2. The zero-order valence-corrected chi connectivity index (χ0v) is 37.0. The predicted octanol–water partition coefficient (Wildman–Crippen LogP) is 3.09. The number of aliphatic hydroxyl groups excluding tert-OH is 3. The summed E-state index contributed by atoms with van der Waals surface area (Å²) < 4.78 is 48.4. The largest absolute Gasteiger partial charge is 0.462 e. The van der Waals surface area contributed by atoms with Gasteiger partial charge in [-0.1, -0.05) is 39.8 Å². The van der Waals surface area contributed by atoms with Crippen molar-refractivity contribution in [1.29, 1.82) is 0 Å². The number of oxime groups is 1. The summed E-state index contributed by atoms with van der Waals surface area (Å²) in [6.45, 7) is 18.5. The minimum Gasteiger partial charge on any atom is -0.462 e. The number of aliphatic hydroxyl groups is 4. The van der Waals surface area contributed by atoms with Crippen molar-refractivity contribution in [2.75, 3.05) is 48.3 Å². The second-order valence-corrected chi connectivity index (χ2v) is 17.5. The van der Waals surface area contributed by atoms with E-state index in [-0.39, 0.29) is 31.8 Å². The molecule has 57 heavy (non-hydrogen) atoms. The summed E-state index contributed by atoms with van der Waals surface area (Å²) in [5, 5.41) is 51.7. The molecule has 3 aliphatic heterocycles. The van der Waals surface area contributed by atoms with E-state index in [0.29, 0.717) is 31.8 Å². The second-order valence-electron chi connectivity index (χ2n) is 17.5. The van der Waals surface area contributed by atoms with Crippen molar-refractivity contribution in [2.24, 2.45) is 34.7 Å². The van der Waals surface area contributed by atoms with Crippen molar-refractivity contribution < 1.29 is 68.0 Å². The summed E-state index contributed by atoms with van der Waals surface area (Å²) >= 11 is 0. The van der Waals surface area contributed by atoms with Crippen LogP contribution in [0.1, 0.15) is 94.9 Å². The van der Waals surface area contributed by atoms with Gasteiger partial charge < -0.3 is 68.1 Å². The van der Waals surface area contributed by atoms with E-state index in [0.717, 1.165) is 0 Å². The van der Waals surface area contributed by atoms with Gasteiger partial charge in [0.15, 0.2) is 12.6 Å². The van der Waals surface area contributed by atoms with Gasteiger partial charge in [-0.25, -0.2) is 0 Å². The van der Waals surface area contributed by atoms with Crippen LogP contribution in [0.15, 0.2) is 5.16 Å². The Morgan fingerprint density at radius 2 is 1.56 bits per heavy atom. The number of rotatable bonds is 13. The van der Waals surface area contributed by atoms with Crippen LogP contribution in [0.2, 0.25) is 0 Å². The topological polar surface area (TPSA) is 197 Å². The average molecular weight is 821 g/mol. The van der Waals surface area contributed by atoms with Gasteiger partial charge in [-0.3, -0.25) is 4.79 Å². The average Bonchev–Trinajstić information content (AvgIpc) is 3.15. The highest BCUT2D eigenvalue weighted by molar-refractivity contribution is 5.88. The Morgan fingerprint density at radius 1 is 0.895 bits per heavy atom. The molecule has 0 bridgehead atoms. The maximum Gasteiger partial charge on any atom is 0.311 e. The highest BCUT2D eigenvalue weighted by Crippen LogP contribution is 2.40. The van der Waals surface area contributed by atoms with Crippen molar-refractivity contribution in [2.45, 2.75) is 174 Å². The predicted molar refractivity (Wildman–Crippen MR) is 211 cm³/mol. The summed E-state index contributed by atoms with van der Waals surface area (Å²) in [6.07, 6.45) is -7.70. The van der Waals surface area contributed by atoms with Crippen LogP contribution < -0.4 is 0 Å². The van der Waals surface area contributed by atoms with Crippen molar-refractivity contribution in [3.8, 4) is 0 Å². The number of esters is 1. The van der Waals surface area contributed by atoms with Crippen LogP contribution in [0.5, 0.6) is 0 Å². The van der Waals surface area contributed by atoms with Crippen LogP contribution in [0.4, 0.5) is 0 Å². The van der Waals surface area contributed by atoms with Crippen molar-refractivity contribution in [3.63, 3.8) is 0 Å². The lowest BCUT2D eigenvalue weighted by Gasteiger charge is -2.49. The van der Waals surface area contributed by atoms with Crippen molar-refractivity contribution >= 4 is 11.7 Å². The molecule has 18 atom stereocenters. The van der Waals surface area contributed by atoms with Crippen LogP contribution in [0.3, 0.4) is 0 Å². The maximum atomic E-state index is 14.3. The van der Waals surface area contributed by atoms with E-state index in [4.69, 9.17) is 42.7 Å². The Morgan fingerprint density at radius 3 is 2.16 bits per heavy atom. The lowest BCUT2D eigenvalue weighted by Crippen LogP contribution is -2.60. The van der Waals surface area contributed by atoms with Gasteiger partial charge in [0.2, 0.25) is 6.79 Å². The SMILES string of the molecule is CC[C@H]1OC(=O)[C@H](C)[C@@H](OC2CC(C)(OC)C(O)C(C)O2)[C@H](C)[C@@H](OC2OC(C)CC(N(C)C)C2O)[C@](C)(O)C[C@@H](C)/C(=N\OCOCCOC)[C@H](C)[C@@H](O)[C@H]1C. The minimum atomic E-state index is -1.69. The molecule has 0 aromatic rings. The fourth-order valence-corrected chi connectivity index (χ4v) is 8.88. The molecule has 0 aliphatic carbocycles. The minimum absolute atomic E-state index is 0.0588. The number of likely N-dealkylation sites (N-methyl/N-ethyl adjacent to an activating group) is 1. The van der Waals surface area contributed by atoms with Gasteiger partial charge in [0.25, 0.3) is 0 Å². The number of hydrogen-bond acceptors (Lipinski definition) is 16. The van der Waals surface area contributed by atoms with Crippen molar-refractivity contribution in [1.82, 2.24) is 4.90 Å². The molecule has 3 aliphatic rings. The Labute approximate surface area is 340 Å². The third-order valence-electron chi connectivity index (χ3n) is 12.6. The summed E-state index contributed by atoms with van der Waals surface area (Å²) in [6, 6.07) is -0.301. The van der Waals surface area contributed by atoms with Crippen LogP contribution in [-0.2, 0) is 47.5 Å². The molecule has 3 heterocycles. The molecule has 16 heteroatoms. The lowest BCUT2D eigenvalue weighted by molar-refractivity contribution is -0.317. The molecule has 0 aromatic heterocycles. The molecular weight excluding hydrogens is 744 g/mol. The summed E-state index contributed by atoms with van der Waals surface area (Å²) in [5.41, 5.74) is -2.25. The van der Waals surface area contributed by atoms with E-state index < -0.39 is 102 Å². The molecule has 8 unspecified atom stereocenters. The monoisotopic (exact) mass is 821 g/mol. The fraction of sp³-hybridized carbons (Fsp3) is 0.951. The number of cyclic esters (lactones) is 1. The van der Waals surface area contributed by atoms with Crippen LogP contribution in [0, 0.1) is 29.6 Å². The van der Waals surface area contributed by atoms with Gasteiger partial charge in [-0.15, -0.1) is 0 Å². The van der Waals surface area contributed by atoms with Gasteiger partial charge in [-0.05, 0) is 68.0 Å². The second kappa shape index (κ2) is 21.8. The summed E-state index contributed by atoms with van der Waals surface area (Å²) in [7, 11) is 6.84. The van der Waals surface area contributed by atoms with E-state index in [1.807, 2.05) is 60.5 Å². The Bertz CT molecular complexity index is 1260. The van der Waals surface area contributed by atoms with E-state index in [1.165, 1.54) is 7.11 Å². The normalized spacial score (nSPS) is 45.1. The molecule has 0 aromatic carbocycles. The quantitative estimate of drug-likeness (QED) is 0.0915. The van der Waals surface area contributed by atoms with Gasteiger partial charge in [0.05, 0.1) is 66.6 Å². The first-order valence-electron chi connectivity index (χ1n) is 20.7. The molecule has 3 saturated heterocycles. The Kier molecular flexibility index (Phi) is 19.1. The highest BCUT2D eigenvalue weighted by atomic mass is 16.7. The van der Waals surface area contributed by atoms with E-state index >= 15 is 0 Å². The number of ether oxygens (including phenoxy) is 8. The zero-order chi connectivity index (χ0) is 43.0. The smallest absolute Gasteiger partial charge is 0.311 e. The molecule has 16 nitrogen and oxygen atoms in total.